The average Bonchev–Trinajstić information content (AvgIpc) is 3.05. The summed E-state index contributed by atoms with van der Waals surface area (Å²) in [5.41, 5.74) is 6.07. The molecular formula is C15H21N3OS. The van der Waals surface area contributed by atoms with E-state index in [1.54, 1.807) is 0 Å². The molecule has 2 rings (SSSR count). The second-order valence-corrected chi connectivity index (χ2v) is 6.08. The highest BCUT2D eigenvalue weighted by molar-refractivity contribution is 7.10. The highest BCUT2D eigenvalue weighted by atomic mass is 32.1. The Kier molecular flexibility index (Phi) is 5.18. The van der Waals surface area contributed by atoms with Crippen LogP contribution in [0.3, 0.4) is 0 Å². The molecule has 1 aliphatic rings. The van der Waals surface area contributed by atoms with Crippen molar-refractivity contribution in [2.45, 2.75) is 18.9 Å². The molecule has 108 valence electrons. The molecule has 0 radical (unpaired) electrons. The lowest BCUT2D eigenvalue weighted by atomic mass is 10.2. The molecule has 0 aromatic carbocycles. The second kappa shape index (κ2) is 6.89. The zero-order chi connectivity index (χ0) is 14.5. The first-order valence-electron chi connectivity index (χ1n) is 6.85. The number of hydrogen-bond donors (Lipinski definition) is 1. The Balaban J connectivity index is 1.97. The van der Waals surface area contributed by atoms with Crippen molar-refractivity contribution >= 4 is 17.2 Å². The monoisotopic (exact) mass is 291 g/mol. The molecule has 1 aliphatic heterocycles. The molecule has 0 aliphatic carbocycles. The van der Waals surface area contributed by atoms with Crippen LogP contribution in [-0.4, -0.2) is 55.5 Å². The molecule has 2 heterocycles. The Hall–Kier alpha value is -1.35. The Bertz CT molecular complexity index is 529. The Labute approximate surface area is 124 Å². The van der Waals surface area contributed by atoms with Gasteiger partial charge in [-0.15, -0.1) is 11.3 Å². The van der Waals surface area contributed by atoms with E-state index < -0.39 is 0 Å². The van der Waals surface area contributed by atoms with Crippen molar-refractivity contribution in [1.29, 1.82) is 0 Å². The highest BCUT2D eigenvalue weighted by Crippen LogP contribution is 2.18. The van der Waals surface area contributed by atoms with Gasteiger partial charge in [0.05, 0.1) is 17.0 Å². The molecule has 4 nitrogen and oxygen atoms in total. The van der Waals surface area contributed by atoms with Crippen molar-refractivity contribution in [2.24, 2.45) is 5.73 Å². The fourth-order valence-electron chi connectivity index (χ4n) is 2.48. The lowest BCUT2D eigenvalue weighted by molar-refractivity contribution is 0.0762. The summed E-state index contributed by atoms with van der Waals surface area (Å²) in [7, 11) is 4.00. The SMILES string of the molecule is CN(CC1CCCN1C)C(=O)c1csc(C#CCN)c1. The van der Waals surface area contributed by atoms with Crippen LogP contribution in [0, 0.1) is 11.8 Å². The van der Waals surface area contributed by atoms with E-state index in [1.807, 2.05) is 23.4 Å². The number of nitrogens with two attached hydrogens (primary N) is 1. The van der Waals surface area contributed by atoms with E-state index >= 15 is 0 Å². The van der Waals surface area contributed by atoms with Gasteiger partial charge in [-0.2, -0.15) is 0 Å². The third kappa shape index (κ3) is 3.60. The van der Waals surface area contributed by atoms with Crippen LogP contribution in [0.1, 0.15) is 28.1 Å². The van der Waals surface area contributed by atoms with E-state index in [4.69, 9.17) is 5.73 Å². The number of hydrogen-bond acceptors (Lipinski definition) is 4. The van der Waals surface area contributed by atoms with Gasteiger partial charge in [-0.25, -0.2) is 0 Å². The number of amides is 1. The maximum absolute atomic E-state index is 12.4. The fourth-order valence-corrected chi connectivity index (χ4v) is 3.23. The number of carbonyl (C=O) groups excluding carboxylic acids is 1. The van der Waals surface area contributed by atoms with Crippen molar-refractivity contribution < 1.29 is 4.79 Å². The summed E-state index contributed by atoms with van der Waals surface area (Å²) < 4.78 is 0. The van der Waals surface area contributed by atoms with Crippen LogP contribution in [0.2, 0.25) is 0 Å². The van der Waals surface area contributed by atoms with Gasteiger partial charge in [0.15, 0.2) is 0 Å². The Morgan fingerprint density at radius 1 is 1.65 bits per heavy atom. The van der Waals surface area contributed by atoms with Crippen molar-refractivity contribution in [2.75, 3.05) is 33.7 Å². The third-order valence-corrected chi connectivity index (χ3v) is 4.51. The van der Waals surface area contributed by atoms with Gasteiger partial charge in [0.25, 0.3) is 5.91 Å². The van der Waals surface area contributed by atoms with Crippen molar-refractivity contribution in [3.8, 4) is 11.8 Å². The van der Waals surface area contributed by atoms with Crippen LogP contribution >= 0.6 is 11.3 Å². The maximum Gasteiger partial charge on any atom is 0.254 e. The van der Waals surface area contributed by atoms with Gasteiger partial charge in [-0.05, 0) is 32.5 Å². The molecular weight excluding hydrogens is 270 g/mol. The largest absolute Gasteiger partial charge is 0.340 e. The number of likely N-dealkylation sites (tertiary alicyclic amines) is 1. The first-order valence-corrected chi connectivity index (χ1v) is 7.73. The summed E-state index contributed by atoms with van der Waals surface area (Å²) in [5.74, 6) is 5.84. The van der Waals surface area contributed by atoms with Crippen LogP contribution in [0.25, 0.3) is 0 Å². The van der Waals surface area contributed by atoms with E-state index in [0.29, 0.717) is 12.6 Å². The van der Waals surface area contributed by atoms with Crippen molar-refractivity contribution in [1.82, 2.24) is 9.80 Å². The van der Waals surface area contributed by atoms with Gasteiger partial charge in [-0.3, -0.25) is 4.79 Å². The van der Waals surface area contributed by atoms with Gasteiger partial charge in [0, 0.05) is 25.0 Å². The molecule has 1 saturated heterocycles. The predicted molar refractivity (Wildman–Crippen MR) is 82.9 cm³/mol. The van der Waals surface area contributed by atoms with Gasteiger partial charge >= 0.3 is 0 Å². The minimum Gasteiger partial charge on any atom is -0.340 e. The van der Waals surface area contributed by atoms with Crippen molar-refractivity contribution in [3.63, 3.8) is 0 Å². The fraction of sp³-hybridized carbons (Fsp3) is 0.533. The Morgan fingerprint density at radius 3 is 3.10 bits per heavy atom. The molecule has 1 amide bonds. The van der Waals surface area contributed by atoms with Crippen LogP contribution in [0.5, 0.6) is 0 Å². The quantitative estimate of drug-likeness (QED) is 0.852. The van der Waals surface area contributed by atoms with Crippen LogP contribution in [0.15, 0.2) is 11.4 Å². The molecule has 0 spiro atoms. The smallest absolute Gasteiger partial charge is 0.254 e. The normalized spacial score (nSPS) is 18.6. The molecule has 1 atom stereocenters. The standard InChI is InChI=1S/C15H21N3OS/c1-17-8-4-5-13(17)10-18(2)15(19)12-9-14(20-11-12)6-3-7-16/h9,11,13H,4-5,7-8,10,16H2,1-2H3. The number of nitrogens with zero attached hydrogens (tertiary/aromatic N) is 2. The van der Waals surface area contributed by atoms with Gasteiger partial charge < -0.3 is 15.5 Å². The lowest BCUT2D eigenvalue weighted by Crippen LogP contribution is -2.39. The number of carbonyl (C=O) groups is 1. The summed E-state index contributed by atoms with van der Waals surface area (Å²) in [6, 6.07) is 2.34. The van der Waals surface area contributed by atoms with Gasteiger partial charge in [0.1, 0.15) is 0 Å². The number of rotatable bonds is 3. The topological polar surface area (TPSA) is 49.6 Å². The lowest BCUT2D eigenvalue weighted by Gasteiger charge is -2.25. The number of thiophene rings is 1. The van der Waals surface area contributed by atoms with E-state index in [1.165, 1.54) is 24.2 Å². The summed E-state index contributed by atoms with van der Waals surface area (Å²) in [6.45, 7) is 2.26. The number of likely N-dealkylation sites (N-methyl/N-ethyl adjacent to an activating group) is 2. The van der Waals surface area contributed by atoms with Crippen LogP contribution in [-0.2, 0) is 0 Å². The second-order valence-electron chi connectivity index (χ2n) is 5.17. The molecule has 0 saturated carbocycles. The summed E-state index contributed by atoms with van der Waals surface area (Å²) in [5, 5.41) is 1.87. The molecule has 2 N–H and O–H groups in total. The minimum atomic E-state index is 0.0716. The molecule has 20 heavy (non-hydrogen) atoms. The minimum absolute atomic E-state index is 0.0716. The Morgan fingerprint density at radius 2 is 2.45 bits per heavy atom. The van der Waals surface area contributed by atoms with E-state index in [2.05, 4.69) is 23.8 Å². The van der Waals surface area contributed by atoms with E-state index in [0.717, 1.165) is 23.5 Å². The molecule has 1 aromatic rings. The third-order valence-electron chi connectivity index (χ3n) is 3.66. The van der Waals surface area contributed by atoms with Gasteiger partial charge in [0.2, 0.25) is 0 Å². The highest BCUT2D eigenvalue weighted by Gasteiger charge is 2.24. The summed E-state index contributed by atoms with van der Waals surface area (Å²) in [6.07, 6.45) is 2.39. The first kappa shape index (κ1) is 15.0. The molecule has 1 unspecified atom stereocenters. The zero-order valence-corrected chi connectivity index (χ0v) is 12.9. The molecule has 5 heteroatoms. The first-order chi connectivity index (χ1) is 9.61. The van der Waals surface area contributed by atoms with E-state index in [-0.39, 0.29) is 5.91 Å². The maximum atomic E-state index is 12.4. The van der Waals surface area contributed by atoms with E-state index in [9.17, 15) is 4.79 Å². The predicted octanol–water partition coefficient (Wildman–Crippen LogP) is 1.22. The summed E-state index contributed by atoms with van der Waals surface area (Å²) >= 11 is 1.49. The summed E-state index contributed by atoms with van der Waals surface area (Å²) in [4.78, 5) is 17.4. The van der Waals surface area contributed by atoms with Crippen LogP contribution in [0.4, 0.5) is 0 Å². The molecule has 1 fully saturated rings. The molecule has 1 aromatic heterocycles. The van der Waals surface area contributed by atoms with Gasteiger partial charge in [-0.1, -0.05) is 11.8 Å². The van der Waals surface area contributed by atoms with Crippen molar-refractivity contribution in [3.05, 3.63) is 21.9 Å². The zero-order valence-electron chi connectivity index (χ0n) is 12.1. The average molecular weight is 291 g/mol. The van der Waals surface area contributed by atoms with Crippen LogP contribution < -0.4 is 5.73 Å². The molecule has 0 bridgehead atoms.